The Kier molecular flexibility index (Phi) is 3.58. The molecule has 2 fully saturated rings. The maximum Gasteiger partial charge on any atom is 0.263 e. The predicted octanol–water partition coefficient (Wildman–Crippen LogP) is 3.11. The molecule has 1 aromatic heterocycles. The lowest BCUT2D eigenvalue weighted by Gasteiger charge is -2.48. The van der Waals surface area contributed by atoms with E-state index in [2.05, 4.69) is 10.6 Å². The first-order valence-corrected chi connectivity index (χ1v) is 8.15. The van der Waals surface area contributed by atoms with Gasteiger partial charge in [-0.1, -0.05) is 11.6 Å². The molecule has 0 bridgehead atoms. The summed E-state index contributed by atoms with van der Waals surface area (Å²) >= 11 is 7.59. The molecule has 19 heavy (non-hydrogen) atoms. The average Bonchev–Trinajstić information content (AvgIpc) is 2.68. The molecule has 104 valence electrons. The zero-order valence-electron chi connectivity index (χ0n) is 11.1. The average molecular weight is 299 g/mol. The van der Waals surface area contributed by atoms with Gasteiger partial charge in [0.15, 0.2) is 0 Å². The Balaban J connectivity index is 1.64. The van der Waals surface area contributed by atoms with Gasteiger partial charge in [0.1, 0.15) is 4.88 Å². The molecule has 1 aliphatic heterocycles. The number of piperidine rings is 1. The van der Waals surface area contributed by atoms with Crippen molar-refractivity contribution < 1.29 is 4.79 Å². The Hall–Kier alpha value is -0.580. The summed E-state index contributed by atoms with van der Waals surface area (Å²) in [7, 11) is 0. The Labute approximate surface area is 122 Å². The summed E-state index contributed by atoms with van der Waals surface area (Å²) in [5.74, 6) is -0.00975. The van der Waals surface area contributed by atoms with E-state index >= 15 is 0 Å². The van der Waals surface area contributed by atoms with Gasteiger partial charge in [-0.05, 0) is 56.5 Å². The van der Waals surface area contributed by atoms with E-state index in [1.165, 1.54) is 30.6 Å². The molecule has 1 saturated carbocycles. The lowest BCUT2D eigenvalue weighted by molar-refractivity contribution is 0.0857. The number of aryl methyl sites for hydroxylation is 1. The third-order valence-electron chi connectivity index (χ3n) is 4.38. The largest absolute Gasteiger partial charge is 0.348 e. The van der Waals surface area contributed by atoms with Crippen molar-refractivity contribution in [3.63, 3.8) is 0 Å². The topological polar surface area (TPSA) is 41.1 Å². The molecule has 0 radical (unpaired) electrons. The maximum absolute atomic E-state index is 12.3. The number of hydrogen-bond donors (Lipinski definition) is 2. The Bertz CT molecular complexity index is 496. The van der Waals surface area contributed by atoms with Crippen LogP contribution >= 0.6 is 22.9 Å². The van der Waals surface area contributed by atoms with Gasteiger partial charge in [-0.2, -0.15) is 0 Å². The first-order chi connectivity index (χ1) is 9.10. The van der Waals surface area contributed by atoms with Crippen molar-refractivity contribution in [1.82, 2.24) is 10.6 Å². The standard InChI is InChI=1S/C14H19ClN2OS/c1-9-8-19-12(11(9)15)13(18)17-10-3-6-16-14(7-10)4-2-5-14/h8,10,16H,2-7H2,1H3,(H,17,18). The lowest BCUT2D eigenvalue weighted by Crippen LogP contribution is -2.59. The minimum Gasteiger partial charge on any atom is -0.348 e. The van der Waals surface area contributed by atoms with Crippen molar-refractivity contribution in [1.29, 1.82) is 0 Å². The predicted molar refractivity (Wildman–Crippen MR) is 79.1 cm³/mol. The smallest absolute Gasteiger partial charge is 0.263 e. The van der Waals surface area contributed by atoms with Crippen molar-refractivity contribution in [3.8, 4) is 0 Å². The van der Waals surface area contributed by atoms with Crippen molar-refractivity contribution in [2.24, 2.45) is 0 Å². The normalized spacial score (nSPS) is 25.1. The minimum absolute atomic E-state index is 0.00975. The molecule has 1 saturated heterocycles. The van der Waals surface area contributed by atoms with Crippen molar-refractivity contribution in [2.75, 3.05) is 6.54 Å². The fraction of sp³-hybridized carbons (Fsp3) is 0.643. The maximum atomic E-state index is 12.3. The summed E-state index contributed by atoms with van der Waals surface area (Å²) < 4.78 is 0. The summed E-state index contributed by atoms with van der Waals surface area (Å²) in [6.45, 7) is 2.94. The second kappa shape index (κ2) is 5.08. The number of carbonyl (C=O) groups excluding carboxylic acids is 1. The molecule has 1 spiro atoms. The van der Waals surface area contributed by atoms with Crippen LogP contribution in [0.1, 0.15) is 47.3 Å². The highest BCUT2D eigenvalue weighted by Crippen LogP contribution is 2.38. The molecule has 2 aliphatic rings. The quantitative estimate of drug-likeness (QED) is 0.881. The summed E-state index contributed by atoms with van der Waals surface area (Å²) in [4.78, 5) is 12.9. The van der Waals surface area contributed by atoms with Crippen LogP contribution in [-0.4, -0.2) is 24.0 Å². The molecule has 1 amide bonds. The van der Waals surface area contributed by atoms with E-state index in [0.29, 0.717) is 15.4 Å². The summed E-state index contributed by atoms with van der Waals surface area (Å²) in [5.41, 5.74) is 1.29. The van der Waals surface area contributed by atoms with Gasteiger partial charge in [0.05, 0.1) is 5.02 Å². The lowest BCUT2D eigenvalue weighted by atomic mass is 9.70. The number of rotatable bonds is 2. The summed E-state index contributed by atoms with van der Waals surface area (Å²) in [5, 5.41) is 9.32. The number of thiophene rings is 1. The highest BCUT2D eigenvalue weighted by molar-refractivity contribution is 7.13. The number of amides is 1. The number of nitrogens with one attached hydrogen (secondary N) is 2. The highest BCUT2D eigenvalue weighted by Gasteiger charge is 2.41. The summed E-state index contributed by atoms with van der Waals surface area (Å²) in [6, 6.07) is 0.285. The third-order valence-corrected chi connectivity index (χ3v) is 6.08. The van der Waals surface area contributed by atoms with Crippen LogP contribution in [0.15, 0.2) is 5.38 Å². The third kappa shape index (κ3) is 2.54. The molecule has 5 heteroatoms. The van der Waals surface area contributed by atoms with Crippen LogP contribution in [0.3, 0.4) is 0 Å². The molecule has 2 heterocycles. The first-order valence-electron chi connectivity index (χ1n) is 6.89. The minimum atomic E-state index is -0.00975. The Morgan fingerprint density at radius 1 is 1.58 bits per heavy atom. The van der Waals surface area contributed by atoms with Gasteiger partial charge < -0.3 is 10.6 Å². The van der Waals surface area contributed by atoms with Gasteiger partial charge in [0.25, 0.3) is 5.91 Å². The van der Waals surface area contributed by atoms with E-state index in [-0.39, 0.29) is 11.9 Å². The second-order valence-corrected chi connectivity index (χ2v) is 7.04. The zero-order chi connectivity index (χ0) is 13.5. The van der Waals surface area contributed by atoms with Crippen LogP contribution < -0.4 is 10.6 Å². The molecule has 3 rings (SSSR count). The van der Waals surface area contributed by atoms with Crippen molar-refractivity contribution in [2.45, 2.75) is 50.6 Å². The van der Waals surface area contributed by atoms with Gasteiger partial charge in [0, 0.05) is 11.6 Å². The fourth-order valence-electron chi connectivity index (χ4n) is 3.10. The molecule has 3 nitrogen and oxygen atoms in total. The Morgan fingerprint density at radius 3 is 2.95 bits per heavy atom. The molecule has 2 N–H and O–H groups in total. The molecule has 0 aromatic carbocycles. The molecular weight excluding hydrogens is 280 g/mol. The van der Waals surface area contributed by atoms with Gasteiger partial charge in [-0.3, -0.25) is 4.79 Å². The number of hydrogen-bond acceptors (Lipinski definition) is 3. The van der Waals surface area contributed by atoms with Gasteiger partial charge in [-0.25, -0.2) is 0 Å². The van der Waals surface area contributed by atoms with Crippen molar-refractivity contribution >= 4 is 28.8 Å². The summed E-state index contributed by atoms with van der Waals surface area (Å²) in [6.07, 6.45) is 5.87. The van der Waals surface area contributed by atoms with E-state index in [4.69, 9.17) is 11.6 Å². The second-order valence-electron chi connectivity index (χ2n) is 5.79. The van der Waals surface area contributed by atoms with Crippen LogP contribution in [0.25, 0.3) is 0 Å². The van der Waals surface area contributed by atoms with E-state index in [1.54, 1.807) is 0 Å². The van der Waals surface area contributed by atoms with Crippen LogP contribution in [0, 0.1) is 6.92 Å². The number of carbonyl (C=O) groups is 1. The first kappa shape index (κ1) is 13.4. The van der Waals surface area contributed by atoms with Crippen molar-refractivity contribution in [3.05, 3.63) is 20.8 Å². The Morgan fingerprint density at radius 2 is 2.37 bits per heavy atom. The van der Waals surface area contributed by atoms with Gasteiger partial charge in [-0.15, -0.1) is 11.3 Å². The molecule has 1 atom stereocenters. The molecule has 1 aliphatic carbocycles. The van der Waals surface area contributed by atoms with Crippen LogP contribution in [0.2, 0.25) is 5.02 Å². The van der Waals surface area contributed by atoms with Crippen LogP contribution in [-0.2, 0) is 0 Å². The zero-order valence-corrected chi connectivity index (χ0v) is 12.7. The van der Waals surface area contributed by atoms with Gasteiger partial charge in [0.2, 0.25) is 0 Å². The van der Waals surface area contributed by atoms with E-state index in [9.17, 15) is 4.79 Å². The monoisotopic (exact) mass is 298 g/mol. The van der Waals surface area contributed by atoms with Crippen LogP contribution in [0.4, 0.5) is 0 Å². The molecule has 1 aromatic rings. The SMILES string of the molecule is Cc1csc(C(=O)NC2CCNC3(CCC3)C2)c1Cl. The van der Waals surface area contributed by atoms with Gasteiger partial charge >= 0.3 is 0 Å². The van der Waals surface area contributed by atoms with E-state index in [0.717, 1.165) is 24.9 Å². The fourth-order valence-corrected chi connectivity index (χ4v) is 4.28. The molecule has 1 unspecified atom stereocenters. The molecular formula is C14H19ClN2OS. The van der Waals surface area contributed by atoms with E-state index < -0.39 is 0 Å². The number of halogens is 1. The highest BCUT2D eigenvalue weighted by atomic mass is 35.5. The van der Waals surface area contributed by atoms with E-state index in [1.807, 2.05) is 12.3 Å². The van der Waals surface area contributed by atoms with Crippen LogP contribution in [0.5, 0.6) is 0 Å².